The average molecular weight is 313 g/mol. The first-order valence-corrected chi connectivity index (χ1v) is 7.40. The van der Waals surface area contributed by atoms with E-state index in [1.807, 2.05) is 25.1 Å². The van der Waals surface area contributed by atoms with Crippen LogP contribution in [0.1, 0.15) is 24.2 Å². The van der Waals surface area contributed by atoms with Gasteiger partial charge in [0.05, 0.1) is 12.2 Å². The molecule has 0 radical (unpaired) electrons. The molecule has 2 rings (SSSR count). The number of anilines is 1. The normalized spacial score (nSPS) is 11.4. The van der Waals surface area contributed by atoms with Crippen molar-refractivity contribution in [2.45, 2.75) is 20.0 Å². The first-order chi connectivity index (χ1) is 11.1. The highest BCUT2D eigenvalue weighted by Crippen LogP contribution is 2.14. The molecule has 5 nitrogen and oxygen atoms in total. The summed E-state index contributed by atoms with van der Waals surface area (Å²) >= 11 is 0. The molecule has 23 heavy (non-hydrogen) atoms. The predicted molar refractivity (Wildman–Crippen MR) is 87.6 cm³/mol. The van der Waals surface area contributed by atoms with Crippen LogP contribution in [0.5, 0.6) is 5.75 Å². The van der Waals surface area contributed by atoms with E-state index in [9.17, 15) is 9.59 Å². The van der Waals surface area contributed by atoms with Crippen LogP contribution in [0, 0.1) is 0 Å². The van der Waals surface area contributed by atoms with Crippen molar-refractivity contribution in [3.8, 4) is 5.75 Å². The van der Waals surface area contributed by atoms with E-state index in [0.29, 0.717) is 23.6 Å². The fraction of sp³-hybridized carbons (Fsp3) is 0.222. The Morgan fingerprint density at radius 3 is 2.30 bits per heavy atom. The van der Waals surface area contributed by atoms with Crippen molar-refractivity contribution in [2.24, 2.45) is 0 Å². The third kappa shape index (κ3) is 4.85. The van der Waals surface area contributed by atoms with Crippen LogP contribution < -0.4 is 10.1 Å². The van der Waals surface area contributed by atoms with Gasteiger partial charge in [0.2, 0.25) is 0 Å². The fourth-order valence-electron chi connectivity index (χ4n) is 1.90. The van der Waals surface area contributed by atoms with Gasteiger partial charge in [-0.05, 0) is 50.2 Å². The van der Waals surface area contributed by atoms with Gasteiger partial charge in [0.1, 0.15) is 5.75 Å². The van der Waals surface area contributed by atoms with Crippen molar-refractivity contribution >= 4 is 17.6 Å². The Bertz CT molecular complexity index is 652. The van der Waals surface area contributed by atoms with Gasteiger partial charge in [-0.15, -0.1) is 0 Å². The molecule has 0 spiro atoms. The summed E-state index contributed by atoms with van der Waals surface area (Å²) in [4.78, 5) is 24.0. The van der Waals surface area contributed by atoms with Crippen molar-refractivity contribution < 1.29 is 19.1 Å². The Morgan fingerprint density at radius 1 is 1.04 bits per heavy atom. The van der Waals surface area contributed by atoms with Gasteiger partial charge in [0, 0.05) is 5.69 Å². The van der Waals surface area contributed by atoms with Crippen molar-refractivity contribution in [3.63, 3.8) is 0 Å². The number of para-hydroxylation sites is 1. The number of rotatable bonds is 6. The molecule has 1 amide bonds. The van der Waals surface area contributed by atoms with E-state index < -0.39 is 12.1 Å². The van der Waals surface area contributed by atoms with Crippen LogP contribution in [0.3, 0.4) is 0 Å². The van der Waals surface area contributed by atoms with Crippen LogP contribution in [0.4, 0.5) is 5.69 Å². The Balaban J connectivity index is 1.92. The second kappa shape index (κ2) is 7.98. The Kier molecular flexibility index (Phi) is 5.74. The van der Waals surface area contributed by atoms with E-state index in [-0.39, 0.29) is 5.91 Å². The molecule has 0 fully saturated rings. The molecule has 0 aliphatic heterocycles. The summed E-state index contributed by atoms with van der Waals surface area (Å²) in [6.45, 7) is 3.97. The number of hydrogen-bond donors (Lipinski definition) is 1. The maximum absolute atomic E-state index is 12.0. The van der Waals surface area contributed by atoms with Crippen LogP contribution in [-0.2, 0) is 9.53 Å². The lowest BCUT2D eigenvalue weighted by atomic mass is 10.2. The molecule has 0 unspecified atom stereocenters. The Morgan fingerprint density at radius 2 is 1.70 bits per heavy atom. The van der Waals surface area contributed by atoms with Gasteiger partial charge in [0.25, 0.3) is 5.91 Å². The van der Waals surface area contributed by atoms with Gasteiger partial charge in [-0.25, -0.2) is 4.79 Å². The number of ether oxygens (including phenoxy) is 2. The summed E-state index contributed by atoms with van der Waals surface area (Å²) in [5.41, 5.74) is 1.02. The average Bonchev–Trinajstić information content (AvgIpc) is 2.56. The SMILES string of the molecule is CCOc1ccc(C(=O)O[C@H](C)C(=O)Nc2ccccc2)cc1. The lowest BCUT2D eigenvalue weighted by molar-refractivity contribution is -0.123. The number of benzene rings is 2. The molecule has 0 heterocycles. The highest BCUT2D eigenvalue weighted by atomic mass is 16.5. The molecule has 1 N–H and O–H groups in total. The number of esters is 1. The minimum Gasteiger partial charge on any atom is -0.494 e. The molecule has 0 aliphatic rings. The van der Waals surface area contributed by atoms with Gasteiger partial charge in [-0.1, -0.05) is 18.2 Å². The number of hydrogen-bond acceptors (Lipinski definition) is 4. The maximum Gasteiger partial charge on any atom is 0.338 e. The van der Waals surface area contributed by atoms with E-state index in [1.54, 1.807) is 36.4 Å². The standard InChI is InChI=1S/C18H19NO4/c1-3-22-16-11-9-14(10-12-16)18(21)23-13(2)17(20)19-15-7-5-4-6-8-15/h4-13H,3H2,1-2H3,(H,19,20)/t13-/m1/s1. The van der Waals surface area contributed by atoms with Crippen LogP contribution in [0.2, 0.25) is 0 Å². The van der Waals surface area contributed by atoms with Gasteiger partial charge >= 0.3 is 5.97 Å². The van der Waals surface area contributed by atoms with E-state index in [0.717, 1.165) is 0 Å². The molecular weight excluding hydrogens is 294 g/mol. The highest BCUT2D eigenvalue weighted by molar-refractivity contribution is 5.97. The Labute approximate surface area is 135 Å². The van der Waals surface area contributed by atoms with E-state index >= 15 is 0 Å². The van der Waals surface area contributed by atoms with Crippen LogP contribution in [0.15, 0.2) is 54.6 Å². The number of nitrogens with one attached hydrogen (secondary N) is 1. The first kappa shape index (κ1) is 16.5. The molecule has 0 saturated heterocycles. The van der Waals surface area contributed by atoms with Crippen molar-refractivity contribution in [2.75, 3.05) is 11.9 Å². The molecule has 2 aromatic carbocycles. The van der Waals surface area contributed by atoms with Crippen molar-refractivity contribution in [3.05, 3.63) is 60.2 Å². The zero-order valence-electron chi connectivity index (χ0n) is 13.1. The molecular formula is C18H19NO4. The monoisotopic (exact) mass is 313 g/mol. The van der Waals surface area contributed by atoms with Crippen molar-refractivity contribution in [1.29, 1.82) is 0 Å². The van der Waals surface area contributed by atoms with Crippen LogP contribution in [0.25, 0.3) is 0 Å². The number of carbonyl (C=O) groups is 2. The quantitative estimate of drug-likeness (QED) is 0.831. The van der Waals surface area contributed by atoms with Crippen LogP contribution in [-0.4, -0.2) is 24.6 Å². The minimum atomic E-state index is -0.894. The van der Waals surface area contributed by atoms with Crippen molar-refractivity contribution in [1.82, 2.24) is 0 Å². The maximum atomic E-state index is 12.0. The molecule has 2 aromatic rings. The van der Waals surface area contributed by atoms with Gasteiger partial charge in [0.15, 0.2) is 6.10 Å². The Hall–Kier alpha value is -2.82. The summed E-state index contributed by atoms with van der Waals surface area (Å²) in [6, 6.07) is 15.6. The zero-order chi connectivity index (χ0) is 16.7. The predicted octanol–water partition coefficient (Wildman–Crippen LogP) is 3.27. The number of amides is 1. The summed E-state index contributed by atoms with van der Waals surface area (Å²) in [5, 5.41) is 2.69. The highest BCUT2D eigenvalue weighted by Gasteiger charge is 2.19. The molecule has 0 aromatic heterocycles. The van der Waals surface area contributed by atoms with Gasteiger partial charge in [-0.2, -0.15) is 0 Å². The van der Waals surface area contributed by atoms with Gasteiger partial charge < -0.3 is 14.8 Å². The molecule has 5 heteroatoms. The molecule has 1 atom stereocenters. The summed E-state index contributed by atoms with van der Waals surface area (Å²) < 4.78 is 10.5. The number of carbonyl (C=O) groups excluding carboxylic acids is 2. The van der Waals surface area contributed by atoms with Crippen LogP contribution >= 0.6 is 0 Å². The molecule has 0 bridgehead atoms. The topological polar surface area (TPSA) is 64.6 Å². The zero-order valence-corrected chi connectivity index (χ0v) is 13.1. The molecule has 120 valence electrons. The third-order valence-corrected chi connectivity index (χ3v) is 3.10. The molecule has 0 aliphatic carbocycles. The van der Waals surface area contributed by atoms with E-state index in [2.05, 4.69) is 5.32 Å². The third-order valence-electron chi connectivity index (χ3n) is 3.10. The fourth-order valence-corrected chi connectivity index (χ4v) is 1.90. The van der Waals surface area contributed by atoms with E-state index in [4.69, 9.17) is 9.47 Å². The van der Waals surface area contributed by atoms with Gasteiger partial charge in [-0.3, -0.25) is 4.79 Å². The first-order valence-electron chi connectivity index (χ1n) is 7.40. The smallest absolute Gasteiger partial charge is 0.338 e. The summed E-state index contributed by atoms with van der Waals surface area (Å²) in [5.74, 6) is -0.252. The lowest BCUT2D eigenvalue weighted by Gasteiger charge is -2.13. The second-order valence-corrected chi connectivity index (χ2v) is 4.86. The minimum absolute atomic E-state index is 0.368. The lowest BCUT2D eigenvalue weighted by Crippen LogP contribution is -2.29. The largest absolute Gasteiger partial charge is 0.494 e. The summed E-state index contributed by atoms with van der Waals surface area (Å²) in [6.07, 6.45) is -0.894. The molecule has 0 saturated carbocycles. The second-order valence-electron chi connectivity index (χ2n) is 4.86. The summed E-state index contributed by atoms with van der Waals surface area (Å²) in [7, 11) is 0. The van der Waals surface area contributed by atoms with E-state index in [1.165, 1.54) is 6.92 Å².